The summed E-state index contributed by atoms with van der Waals surface area (Å²) in [5, 5.41) is 8.85. The predicted octanol–water partition coefficient (Wildman–Crippen LogP) is 2.49. The van der Waals surface area contributed by atoms with Crippen molar-refractivity contribution in [2.45, 2.75) is 32.7 Å². The van der Waals surface area contributed by atoms with Crippen LogP contribution in [0.3, 0.4) is 0 Å². The van der Waals surface area contributed by atoms with E-state index < -0.39 is 0 Å². The first kappa shape index (κ1) is 21.2. The van der Waals surface area contributed by atoms with E-state index in [1.54, 1.807) is 11.3 Å². The number of guanidine groups is 1. The molecule has 1 aromatic rings. The van der Waals surface area contributed by atoms with Crippen molar-refractivity contribution in [3.63, 3.8) is 0 Å². The van der Waals surface area contributed by atoms with Crippen LogP contribution in [0.25, 0.3) is 0 Å². The molecule has 0 radical (unpaired) electrons. The number of morpholine rings is 1. The van der Waals surface area contributed by atoms with Gasteiger partial charge in [0, 0.05) is 37.7 Å². The van der Waals surface area contributed by atoms with Gasteiger partial charge in [0.25, 0.3) is 0 Å². The van der Waals surface area contributed by atoms with Crippen LogP contribution in [0, 0.1) is 0 Å². The van der Waals surface area contributed by atoms with Crippen molar-refractivity contribution in [2.75, 3.05) is 59.2 Å². The van der Waals surface area contributed by atoms with E-state index in [0.29, 0.717) is 12.6 Å². The summed E-state index contributed by atoms with van der Waals surface area (Å²) in [5.41, 5.74) is 0. The largest absolute Gasteiger partial charge is 0.380 e. The Balaban J connectivity index is 1.88. The summed E-state index contributed by atoms with van der Waals surface area (Å²) in [6, 6.07) is 4.64. The zero-order chi connectivity index (χ0) is 18.5. The maximum absolute atomic E-state index is 5.62. The van der Waals surface area contributed by atoms with E-state index in [0.717, 1.165) is 64.9 Å². The van der Waals surface area contributed by atoms with Crippen molar-refractivity contribution in [3.05, 3.63) is 22.4 Å². The molecule has 1 saturated heterocycles. The first-order valence-electron chi connectivity index (χ1n) is 9.80. The third-order valence-corrected chi connectivity index (χ3v) is 5.28. The van der Waals surface area contributed by atoms with Gasteiger partial charge in [-0.1, -0.05) is 19.4 Å². The monoisotopic (exact) mass is 382 g/mol. The third kappa shape index (κ3) is 7.61. The van der Waals surface area contributed by atoms with E-state index in [2.05, 4.69) is 46.9 Å². The maximum atomic E-state index is 5.62. The van der Waals surface area contributed by atoms with Crippen LogP contribution < -0.4 is 10.6 Å². The Bertz CT molecular complexity index is 490. The summed E-state index contributed by atoms with van der Waals surface area (Å²) in [5.74, 6) is 0.862. The lowest BCUT2D eigenvalue weighted by Crippen LogP contribution is -2.42. The number of thiophene rings is 1. The summed E-state index contributed by atoms with van der Waals surface area (Å²) in [4.78, 5) is 8.69. The fraction of sp³-hybridized carbons (Fsp3) is 0.737. The van der Waals surface area contributed by atoms with Gasteiger partial charge in [-0.3, -0.25) is 9.89 Å². The number of nitrogens with zero attached hydrogens (tertiary/aromatic N) is 2. The van der Waals surface area contributed by atoms with Gasteiger partial charge < -0.3 is 20.1 Å². The van der Waals surface area contributed by atoms with Crippen LogP contribution in [0.2, 0.25) is 0 Å². The van der Waals surface area contributed by atoms with Crippen LogP contribution in [-0.2, 0) is 9.47 Å². The van der Waals surface area contributed by atoms with Crippen molar-refractivity contribution < 1.29 is 9.47 Å². The lowest BCUT2D eigenvalue weighted by Gasteiger charge is -2.33. The fourth-order valence-electron chi connectivity index (χ4n) is 2.86. The molecule has 1 aliphatic heterocycles. The van der Waals surface area contributed by atoms with Gasteiger partial charge in [0.2, 0.25) is 0 Å². The SMILES string of the molecule is CCCCOCCNC(=NCC(c1cccs1)N1CCOCC1)NCC. The molecule has 0 amide bonds. The van der Waals surface area contributed by atoms with E-state index in [1.165, 1.54) is 11.3 Å². The number of rotatable bonds is 11. The van der Waals surface area contributed by atoms with Gasteiger partial charge in [-0.25, -0.2) is 0 Å². The smallest absolute Gasteiger partial charge is 0.191 e. The Morgan fingerprint density at radius 2 is 2.15 bits per heavy atom. The Morgan fingerprint density at radius 1 is 1.31 bits per heavy atom. The van der Waals surface area contributed by atoms with Gasteiger partial charge in [-0.15, -0.1) is 11.3 Å². The molecular formula is C19H34N4O2S. The molecule has 0 aliphatic carbocycles. The summed E-state index contributed by atoms with van der Waals surface area (Å²) in [7, 11) is 0. The minimum absolute atomic E-state index is 0.315. The minimum atomic E-state index is 0.315. The number of hydrogen-bond acceptors (Lipinski definition) is 5. The highest BCUT2D eigenvalue weighted by molar-refractivity contribution is 7.10. The molecule has 0 saturated carbocycles. The summed E-state index contributed by atoms with van der Waals surface area (Å²) < 4.78 is 11.1. The van der Waals surface area contributed by atoms with E-state index in [1.807, 2.05) is 0 Å². The van der Waals surface area contributed by atoms with Crippen molar-refractivity contribution in [3.8, 4) is 0 Å². The number of unbranched alkanes of at least 4 members (excludes halogenated alkanes) is 1. The van der Waals surface area contributed by atoms with Crippen LogP contribution in [0.1, 0.15) is 37.6 Å². The number of nitrogens with one attached hydrogen (secondary N) is 2. The predicted molar refractivity (Wildman–Crippen MR) is 109 cm³/mol. The van der Waals surface area contributed by atoms with Crippen LogP contribution in [0.15, 0.2) is 22.5 Å². The third-order valence-electron chi connectivity index (χ3n) is 4.31. The Hall–Kier alpha value is -1.15. The molecule has 2 rings (SSSR count). The molecule has 6 nitrogen and oxygen atoms in total. The van der Waals surface area contributed by atoms with Gasteiger partial charge in [-0.05, 0) is 24.8 Å². The topological polar surface area (TPSA) is 58.1 Å². The first-order valence-corrected chi connectivity index (χ1v) is 10.7. The maximum Gasteiger partial charge on any atom is 0.191 e. The van der Waals surface area contributed by atoms with E-state index in [9.17, 15) is 0 Å². The molecule has 1 fully saturated rings. The van der Waals surface area contributed by atoms with Crippen LogP contribution >= 0.6 is 11.3 Å². The Morgan fingerprint density at radius 3 is 2.85 bits per heavy atom. The quantitative estimate of drug-likeness (QED) is 0.350. The minimum Gasteiger partial charge on any atom is -0.380 e. The Labute approximate surface area is 162 Å². The molecule has 0 aromatic carbocycles. The van der Waals surface area contributed by atoms with E-state index in [4.69, 9.17) is 14.5 Å². The standard InChI is InChI=1S/C19H34N4O2S/c1-3-5-11-24-12-8-21-19(20-4-2)22-16-17(18-7-6-15-26-18)23-9-13-25-14-10-23/h6-7,15,17H,3-5,8-14,16H2,1-2H3,(H2,20,21,22). The molecule has 0 bridgehead atoms. The lowest BCUT2D eigenvalue weighted by molar-refractivity contribution is 0.0186. The molecule has 1 unspecified atom stereocenters. The summed E-state index contributed by atoms with van der Waals surface area (Å²) in [6.45, 7) is 11.7. The van der Waals surface area contributed by atoms with Crippen molar-refractivity contribution >= 4 is 17.3 Å². The van der Waals surface area contributed by atoms with Gasteiger partial charge >= 0.3 is 0 Å². The molecule has 1 aromatic heterocycles. The van der Waals surface area contributed by atoms with E-state index >= 15 is 0 Å². The second kappa shape index (κ2) is 13.1. The van der Waals surface area contributed by atoms with Crippen LogP contribution in [0.4, 0.5) is 0 Å². The van der Waals surface area contributed by atoms with Crippen LogP contribution in [0.5, 0.6) is 0 Å². The van der Waals surface area contributed by atoms with E-state index in [-0.39, 0.29) is 0 Å². The molecule has 2 N–H and O–H groups in total. The van der Waals surface area contributed by atoms with Crippen molar-refractivity contribution in [1.82, 2.24) is 15.5 Å². The molecule has 1 aliphatic rings. The molecule has 2 heterocycles. The van der Waals surface area contributed by atoms with Crippen LogP contribution in [-0.4, -0.2) is 70.0 Å². The second-order valence-corrected chi connectivity index (χ2v) is 7.27. The first-order chi connectivity index (χ1) is 12.8. The number of ether oxygens (including phenoxy) is 2. The molecular weight excluding hydrogens is 348 g/mol. The fourth-order valence-corrected chi connectivity index (χ4v) is 3.72. The highest BCUT2D eigenvalue weighted by atomic mass is 32.1. The zero-order valence-corrected chi connectivity index (χ0v) is 17.0. The van der Waals surface area contributed by atoms with Gasteiger partial charge in [-0.2, -0.15) is 0 Å². The molecule has 1 atom stereocenters. The molecule has 148 valence electrons. The van der Waals surface area contributed by atoms with Gasteiger partial charge in [0.1, 0.15) is 0 Å². The van der Waals surface area contributed by atoms with Gasteiger partial charge in [0.15, 0.2) is 5.96 Å². The average Bonchev–Trinajstić information content (AvgIpc) is 3.20. The zero-order valence-electron chi connectivity index (χ0n) is 16.2. The Kier molecular flexibility index (Phi) is 10.6. The molecule has 26 heavy (non-hydrogen) atoms. The number of aliphatic imine (C=N–C) groups is 1. The normalized spacial score (nSPS) is 17.2. The van der Waals surface area contributed by atoms with Crippen molar-refractivity contribution in [1.29, 1.82) is 0 Å². The number of hydrogen-bond donors (Lipinski definition) is 2. The molecule has 7 heteroatoms. The summed E-state index contributed by atoms with van der Waals surface area (Å²) in [6.07, 6.45) is 2.29. The lowest BCUT2D eigenvalue weighted by atomic mass is 10.2. The summed E-state index contributed by atoms with van der Waals surface area (Å²) >= 11 is 1.81. The van der Waals surface area contributed by atoms with Gasteiger partial charge in [0.05, 0.1) is 32.4 Å². The highest BCUT2D eigenvalue weighted by Crippen LogP contribution is 2.26. The van der Waals surface area contributed by atoms with Crippen molar-refractivity contribution in [2.24, 2.45) is 4.99 Å². The second-order valence-electron chi connectivity index (χ2n) is 6.29. The average molecular weight is 383 g/mol. The molecule has 0 spiro atoms. The highest BCUT2D eigenvalue weighted by Gasteiger charge is 2.23.